The monoisotopic (exact) mass is 298 g/mol. The number of β-amino-alcohol motifs (C(OH)–C–C–N with tert-alkyl or cyclic N) is 1. The third kappa shape index (κ3) is 3.03. The Labute approximate surface area is 120 Å². The fourth-order valence-electron chi connectivity index (χ4n) is 2.42. The van der Waals surface area contributed by atoms with E-state index in [1.54, 1.807) is 12.1 Å². The van der Waals surface area contributed by atoms with Gasteiger partial charge >= 0.3 is 0 Å². The average Bonchev–Trinajstić information content (AvgIpc) is 2.79. The summed E-state index contributed by atoms with van der Waals surface area (Å²) in [6, 6.07) is 5.10. The van der Waals surface area contributed by atoms with Crippen molar-refractivity contribution in [3.8, 4) is 0 Å². The SMILES string of the molecule is Cc1ccc(S(=O)(=O)N(C)CC2(O)CCNC2)cc1C. The predicted octanol–water partition coefficient (Wildman–Crippen LogP) is 0.648. The first kappa shape index (κ1) is 15.4. The van der Waals surface area contributed by atoms with Crippen molar-refractivity contribution >= 4 is 10.0 Å². The molecule has 1 unspecified atom stereocenters. The van der Waals surface area contributed by atoms with Crippen LogP contribution in [0, 0.1) is 13.8 Å². The Bertz CT molecular complexity index is 592. The molecule has 1 saturated heterocycles. The van der Waals surface area contributed by atoms with Crippen molar-refractivity contribution < 1.29 is 13.5 Å². The lowest BCUT2D eigenvalue weighted by atomic mass is 10.0. The van der Waals surface area contributed by atoms with E-state index in [4.69, 9.17) is 0 Å². The van der Waals surface area contributed by atoms with Gasteiger partial charge in [-0.15, -0.1) is 0 Å². The van der Waals surface area contributed by atoms with Crippen LogP contribution in [0.2, 0.25) is 0 Å². The maximum absolute atomic E-state index is 12.5. The van der Waals surface area contributed by atoms with Gasteiger partial charge in [0.25, 0.3) is 0 Å². The Hall–Kier alpha value is -0.950. The summed E-state index contributed by atoms with van der Waals surface area (Å²) in [6.45, 7) is 5.09. The second-order valence-corrected chi connectivity index (χ2v) is 7.70. The number of nitrogens with one attached hydrogen (secondary N) is 1. The summed E-state index contributed by atoms with van der Waals surface area (Å²) in [5, 5.41) is 13.4. The van der Waals surface area contributed by atoms with Gasteiger partial charge in [-0.05, 0) is 50.1 Å². The average molecular weight is 298 g/mol. The summed E-state index contributed by atoms with van der Waals surface area (Å²) in [6.07, 6.45) is 0.569. The summed E-state index contributed by atoms with van der Waals surface area (Å²) < 4.78 is 26.3. The third-order valence-corrected chi connectivity index (χ3v) is 5.72. The standard InChI is InChI=1S/C14H22N2O3S/c1-11-4-5-13(8-12(11)2)20(18,19)16(3)10-14(17)6-7-15-9-14/h4-5,8,15,17H,6-7,9-10H2,1-3H3. The Morgan fingerprint density at radius 3 is 2.60 bits per heavy atom. The molecule has 5 nitrogen and oxygen atoms in total. The Morgan fingerprint density at radius 1 is 1.35 bits per heavy atom. The van der Waals surface area contributed by atoms with Gasteiger partial charge in [-0.2, -0.15) is 4.31 Å². The third-order valence-electron chi connectivity index (χ3n) is 3.92. The van der Waals surface area contributed by atoms with Crippen molar-refractivity contribution in [2.24, 2.45) is 0 Å². The molecule has 0 aromatic heterocycles. The van der Waals surface area contributed by atoms with Gasteiger partial charge in [0, 0.05) is 20.1 Å². The number of nitrogens with zero attached hydrogens (tertiary/aromatic N) is 1. The molecule has 0 radical (unpaired) electrons. The second kappa shape index (κ2) is 5.44. The number of hydrogen-bond donors (Lipinski definition) is 2. The molecule has 1 atom stereocenters. The molecular weight excluding hydrogens is 276 g/mol. The van der Waals surface area contributed by atoms with Crippen molar-refractivity contribution in [1.29, 1.82) is 0 Å². The lowest BCUT2D eigenvalue weighted by Crippen LogP contribution is -2.45. The molecule has 0 aliphatic carbocycles. The number of hydrogen-bond acceptors (Lipinski definition) is 4. The van der Waals surface area contributed by atoms with Gasteiger partial charge in [0.15, 0.2) is 0 Å². The maximum atomic E-state index is 12.5. The van der Waals surface area contributed by atoms with Gasteiger partial charge in [0.2, 0.25) is 10.0 Å². The molecule has 1 fully saturated rings. The van der Waals surface area contributed by atoms with Crippen LogP contribution in [0.1, 0.15) is 17.5 Å². The molecule has 0 saturated carbocycles. The molecule has 0 spiro atoms. The lowest BCUT2D eigenvalue weighted by molar-refractivity contribution is 0.0462. The molecule has 0 amide bonds. The molecule has 1 aromatic carbocycles. The summed E-state index contributed by atoms with van der Waals surface area (Å²) in [5.74, 6) is 0. The van der Waals surface area contributed by atoms with E-state index in [1.807, 2.05) is 19.9 Å². The van der Waals surface area contributed by atoms with E-state index in [0.717, 1.165) is 11.1 Å². The zero-order valence-electron chi connectivity index (χ0n) is 12.2. The summed E-state index contributed by atoms with van der Waals surface area (Å²) in [7, 11) is -2.04. The zero-order valence-corrected chi connectivity index (χ0v) is 13.0. The molecule has 2 N–H and O–H groups in total. The molecule has 1 aliphatic heterocycles. The van der Waals surface area contributed by atoms with Crippen LogP contribution in [-0.2, 0) is 10.0 Å². The van der Waals surface area contributed by atoms with Gasteiger partial charge in [-0.1, -0.05) is 6.07 Å². The minimum Gasteiger partial charge on any atom is -0.387 e. The van der Waals surface area contributed by atoms with E-state index in [0.29, 0.717) is 19.5 Å². The van der Waals surface area contributed by atoms with E-state index < -0.39 is 15.6 Å². The number of aliphatic hydroxyl groups is 1. The van der Waals surface area contributed by atoms with Crippen LogP contribution in [-0.4, -0.2) is 50.1 Å². The molecule has 1 aliphatic rings. The largest absolute Gasteiger partial charge is 0.387 e. The first-order chi connectivity index (χ1) is 9.24. The van der Waals surface area contributed by atoms with Crippen LogP contribution in [0.4, 0.5) is 0 Å². The van der Waals surface area contributed by atoms with Crippen molar-refractivity contribution in [3.05, 3.63) is 29.3 Å². The van der Waals surface area contributed by atoms with Crippen molar-refractivity contribution in [2.45, 2.75) is 30.8 Å². The first-order valence-corrected chi connectivity index (χ1v) is 8.15. The van der Waals surface area contributed by atoms with Crippen molar-refractivity contribution in [3.63, 3.8) is 0 Å². The van der Waals surface area contributed by atoms with E-state index >= 15 is 0 Å². The van der Waals surface area contributed by atoms with Gasteiger partial charge in [-0.25, -0.2) is 8.42 Å². The van der Waals surface area contributed by atoms with Crippen LogP contribution in [0.5, 0.6) is 0 Å². The summed E-state index contributed by atoms with van der Waals surface area (Å²) in [5.41, 5.74) is 1.03. The molecule has 112 valence electrons. The Balaban J connectivity index is 2.22. The molecule has 0 bridgehead atoms. The van der Waals surface area contributed by atoms with Crippen LogP contribution >= 0.6 is 0 Å². The number of benzene rings is 1. The Morgan fingerprint density at radius 2 is 2.05 bits per heavy atom. The highest BCUT2D eigenvalue weighted by Crippen LogP contribution is 2.22. The number of sulfonamides is 1. The van der Waals surface area contributed by atoms with Gasteiger partial charge < -0.3 is 10.4 Å². The molecule has 1 heterocycles. The number of rotatable bonds is 4. The summed E-state index contributed by atoms with van der Waals surface area (Å²) in [4.78, 5) is 0.276. The summed E-state index contributed by atoms with van der Waals surface area (Å²) >= 11 is 0. The number of aryl methyl sites for hydroxylation is 2. The van der Waals surface area contributed by atoms with Gasteiger partial charge in [-0.3, -0.25) is 0 Å². The highest BCUT2D eigenvalue weighted by molar-refractivity contribution is 7.89. The minimum atomic E-state index is -3.56. The van der Waals surface area contributed by atoms with E-state index in [1.165, 1.54) is 11.4 Å². The molecule has 20 heavy (non-hydrogen) atoms. The van der Waals surface area contributed by atoms with Gasteiger partial charge in [0.1, 0.15) is 0 Å². The molecule has 6 heteroatoms. The smallest absolute Gasteiger partial charge is 0.242 e. The fourth-order valence-corrected chi connectivity index (χ4v) is 3.76. The highest BCUT2D eigenvalue weighted by Gasteiger charge is 2.35. The predicted molar refractivity (Wildman–Crippen MR) is 78.2 cm³/mol. The topological polar surface area (TPSA) is 69.6 Å². The fraction of sp³-hybridized carbons (Fsp3) is 0.571. The Kier molecular flexibility index (Phi) is 4.20. The van der Waals surface area contributed by atoms with Crippen LogP contribution in [0.15, 0.2) is 23.1 Å². The van der Waals surface area contributed by atoms with Crippen LogP contribution < -0.4 is 5.32 Å². The van der Waals surface area contributed by atoms with Crippen LogP contribution in [0.3, 0.4) is 0 Å². The molecule has 1 aromatic rings. The minimum absolute atomic E-state index is 0.106. The maximum Gasteiger partial charge on any atom is 0.242 e. The second-order valence-electron chi connectivity index (χ2n) is 5.66. The van der Waals surface area contributed by atoms with Gasteiger partial charge in [0.05, 0.1) is 10.5 Å². The van der Waals surface area contributed by atoms with E-state index in [9.17, 15) is 13.5 Å². The van der Waals surface area contributed by atoms with Crippen molar-refractivity contribution in [2.75, 3.05) is 26.7 Å². The first-order valence-electron chi connectivity index (χ1n) is 6.71. The van der Waals surface area contributed by atoms with E-state index in [-0.39, 0.29) is 11.4 Å². The normalized spacial score (nSPS) is 23.4. The van der Waals surface area contributed by atoms with E-state index in [2.05, 4.69) is 5.32 Å². The zero-order chi connectivity index (χ0) is 15.0. The quantitative estimate of drug-likeness (QED) is 0.856. The highest BCUT2D eigenvalue weighted by atomic mass is 32.2. The van der Waals surface area contributed by atoms with Crippen LogP contribution in [0.25, 0.3) is 0 Å². The molecular formula is C14H22N2O3S. The lowest BCUT2D eigenvalue weighted by Gasteiger charge is -2.27. The number of likely N-dealkylation sites (N-methyl/N-ethyl adjacent to an activating group) is 1. The molecule has 2 rings (SSSR count). The van der Waals surface area contributed by atoms with Crippen molar-refractivity contribution in [1.82, 2.24) is 9.62 Å².